The van der Waals surface area contributed by atoms with Crippen LogP contribution in [0.15, 0.2) is 42.5 Å². The molecule has 0 bridgehead atoms. The van der Waals surface area contributed by atoms with Crippen LogP contribution in [0.25, 0.3) is 0 Å². The van der Waals surface area contributed by atoms with Gasteiger partial charge in [0.2, 0.25) is 5.91 Å². The molecule has 26 heavy (non-hydrogen) atoms. The van der Waals surface area contributed by atoms with E-state index in [4.69, 9.17) is 9.47 Å². The molecule has 1 heterocycles. The van der Waals surface area contributed by atoms with E-state index in [1.165, 1.54) is 5.56 Å². The average molecular weight is 354 g/mol. The van der Waals surface area contributed by atoms with Crippen molar-refractivity contribution in [3.8, 4) is 11.5 Å². The first-order chi connectivity index (χ1) is 12.5. The van der Waals surface area contributed by atoms with Crippen molar-refractivity contribution in [2.45, 2.75) is 25.9 Å². The van der Waals surface area contributed by atoms with Crippen LogP contribution in [0.2, 0.25) is 0 Å². The van der Waals surface area contributed by atoms with Crippen molar-refractivity contribution >= 4 is 11.6 Å². The number of nitrogens with zero attached hydrogens (tertiary/aromatic N) is 2. The zero-order valence-electron chi connectivity index (χ0n) is 15.9. The lowest BCUT2D eigenvalue weighted by molar-refractivity contribution is -0.122. The molecule has 0 radical (unpaired) electrons. The minimum atomic E-state index is -0.214. The third-order valence-corrected chi connectivity index (χ3v) is 5.05. The summed E-state index contributed by atoms with van der Waals surface area (Å²) in [6.07, 6.45) is 0.925. The summed E-state index contributed by atoms with van der Waals surface area (Å²) in [5, 5.41) is 0. The molecular weight excluding hydrogens is 328 g/mol. The van der Waals surface area contributed by atoms with Crippen molar-refractivity contribution in [1.29, 1.82) is 0 Å². The van der Waals surface area contributed by atoms with Crippen LogP contribution in [0.3, 0.4) is 0 Å². The predicted molar refractivity (Wildman–Crippen MR) is 103 cm³/mol. The Bertz CT molecular complexity index is 791. The topological polar surface area (TPSA) is 42.0 Å². The molecule has 1 aliphatic rings. The van der Waals surface area contributed by atoms with Crippen molar-refractivity contribution in [2.75, 3.05) is 32.7 Å². The second-order valence-corrected chi connectivity index (χ2v) is 6.65. The summed E-state index contributed by atoms with van der Waals surface area (Å²) in [5.74, 6) is 1.54. The van der Waals surface area contributed by atoms with Crippen molar-refractivity contribution in [2.24, 2.45) is 0 Å². The van der Waals surface area contributed by atoms with E-state index in [0.717, 1.165) is 24.2 Å². The number of rotatable bonds is 6. The number of hydrogen-bond acceptors (Lipinski definition) is 4. The number of carbonyl (C=O) groups is 1. The molecule has 2 aromatic rings. The van der Waals surface area contributed by atoms with Gasteiger partial charge in [-0.1, -0.05) is 24.3 Å². The van der Waals surface area contributed by atoms with Crippen LogP contribution in [0, 0.1) is 0 Å². The Hall–Kier alpha value is -2.53. The van der Waals surface area contributed by atoms with Crippen LogP contribution < -0.4 is 14.4 Å². The van der Waals surface area contributed by atoms with Gasteiger partial charge < -0.3 is 14.4 Å². The van der Waals surface area contributed by atoms with E-state index in [0.29, 0.717) is 18.0 Å². The second kappa shape index (κ2) is 7.79. The average Bonchev–Trinajstić information content (AvgIpc) is 3.10. The van der Waals surface area contributed by atoms with Gasteiger partial charge in [0.15, 0.2) is 11.5 Å². The summed E-state index contributed by atoms with van der Waals surface area (Å²) in [6.45, 7) is 3.37. The summed E-state index contributed by atoms with van der Waals surface area (Å²) in [6, 6.07) is 13.8. The van der Waals surface area contributed by atoms with Gasteiger partial charge in [0.05, 0.1) is 20.3 Å². The zero-order chi connectivity index (χ0) is 18.7. The van der Waals surface area contributed by atoms with Gasteiger partial charge >= 0.3 is 0 Å². The van der Waals surface area contributed by atoms with Gasteiger partial charge in [-0.2, -0.15) is 0 Å². The van der Waals surface area contributed by atoms with Crippen molar-refractivity contribution in [3.63, 3.8) is 0 Å². The molecule has 0 fully saturated rings. The van der Waals surface area contributed by atoms with E-state index in [9.17, 15) is 4.79 Å². The Labute approximate surface area is 155 Å². The molecule has 3 rings (SSSR count). The van der Waals surface area contributed by atoms with Crippen LogP contribution in [0.4, 0.5) is 5.69 Å². The number of anilines is 1. The molecule has 0 aliphatic carbocycles. The Morgan fingerprint density at radius 3 is 2.62 bits per heavy atom. The lowest BCUT2D eigenvalue weighted by Gasteiger charge is -2.28. The van der Waals surface area contributed by atoms with Gasteiger partial charge in [0.25, 0.3) is 0 Å². The summed E-state index contributed by atoms with van der Waals surface area (Å²) < 4.78 is 10.7. The highest BCUT2D eigenvalue weighted by molar-refractivity contribution is 5.98. The Kier molecular flexibility index (Phi) is 5.47. The first-order valence-corrected chi connectivity index (χ1v) is 8.85. The molecule has 0 aromatic heterocycles. The number of hydrogen-bond donors (Lipinski definition) is 0. The fourth-order valence-electron chi connectivity index (χ4n) is 3.39. The third kappa shape index (κ3) is 3.53. The maximum atomic E-state index is 13.0. The Balaban J connectivity index is 1.70. The standard InChI is InChI=1S/C21H26N2O3/c1-15(21(24)23-12-11-17-7-5-6-8-18(17)23)22(2)14-16-9-10-19(25-3)20(13-16)26-4/h5-10,13,15H,11-12,14H2,1-4H3/t15-/m1/s1. The minimum absolute atomic E-state index is 0.137. The number of para-hydroxylation sites is 1. The van der Waals surface area contributed by atoms with Crippen LogP contribution in [0.1, 0.15) is 18.1 Å². The number of benzene rings is 2. The summed E-state index contributed by atoms with van der Waals surface area (Å²) in [5.41, 5.74) is 3.37. The number of carbonyl (C=O) groups excluding carboxylic acids is 1. The molecule has 1 amide bonds. The Morgan fingerprint density at radius 2 is 1.88 bits per heavy atom. The highest BCUT2D eigenvalue weighted by Gasteiger charge is 2.29. The highest BCUT2D eigenvalue weighted by Crippen LogP contribution is 2.30. The SMILES string of the molecule is COc1ccc(CN(C)[C@H](C)C(=O)N2CCc3ccccc32)cc1OC. The van der Waals surface area contributed by atoms with E-state index in [1.807, 2.05) is 55.3 Å². The fourth-order valence-corrected chi connectivity index (χ4v) is 3.39. The van der Waals surface area contributed by atoms with Crippen molar-refractivity contribution < 1.29 is 14.3 Å². The summed E-state index contributed by atoms with van der Waals surface area (Å²) in [4.78, 5) is 17.0. The van der Waals surface area contributed by atoms with Gasteiger partial charge in [-0.3, -0.25) is 9.69 Å². The van der Waals surface area contributed by atoms with Gasteiger partial charge in [-0.15, -0.1) is 0 Å². The molecular formula is C21H26N2O3. The molecule has 0 N–H and O–H groups in total. The fraction of sp³-hybridized carbons (Fsp3) is 0.381. The maximum Gasteiger partial charge on any atom is 0.244 e. The van der Waals surface area contributed by atoms with Gasteiger partial charge in [0, 0.05) is 18.8 Å². The molecule has 0 saturated carbocycles. The second-order valence-electron chi connectivity index (χ2n) is 6.65. The summed E-state index contributed by atoms with van der Waals surface area (Å²) >= 11 is 0. The van der Waals surface area contributed by atoms with Crippen LogP contribution in [-0.2, 0) is 17.8 Å². The lowest BCUT2D eigenvalue weighted by atomic mass is 10.1. The molecule has 2 aromatic carbocycles. The molecule has 1 aliphatic heterocycles. The number of likely N-dealkylation sites (N-methyl/N-ethyl adjacent to an activating group) is 1. The van der Waals surface area contributed by atoms with E-state index >= 15 is 0 Å². The highest BCUT2D eigenvalue weighted by atomic mass is 16.5. The largest absolute Gasteiger partial charge is 0.493 e. The van der Waals surface area contributed by atoms with Crippen LogP contribution in [-0.4, -0.2) is 44.7 Å². The molecule has 5 heteroatoms. The molecule has 0 spiro atoms. The normalized spacial score (nSPS) is 14.3. The molecule has 138 valence electrons. The quantitative estimate of drug-likeness (QED) is 0.799. The number of fused-ring (bicyclic) bond motifs is 1. The van der Waals surface area contributed by atoms with Crippen molar-refractivity contribution in [3.05, 3.63) is 53.6 Å². The first kappa shape index (κ1) is 18.3. The van der Waals surface area contributed by atoms with E-state index in [-0.39, 0.29) is 11.9 Å². The molecule has 0 unspecified atom stereocenters. The van der Waals surface area contributed by atoms with Gasteiger partial charge in [0.1, 0.15) is 0 Å². The monoisotopic (exact) mass is 354 g/mol. The van der Waals surface area contributed by atoms with Crippen LogP contribution in [0.5, 0.6) is 11.5 Å². The van der Waals surface area contributed by atoms with Crippen LogP contribution >= 0.6 is 0 Å². The van der Waals surface area contributed by atoms with E-state index in [2.05, 4.69) is 11.0 Å². The molecule has 0 saturated heterocycles. The zero-order valence-corrected chi connectivity index (χ0v) is 15.9. The Morgan fingerprint density at radius 1 is 1.15 bits per heavy atom. The lowest BCUT2D eigenvalue weighted by Crippen LogP contribution is -2.45. The third-order valence-electron chi connectivity index (χ3n) is 5.05. The van der Waals surface area contributed by atoms with Gasteiger partial charge in [-0.25, -0.2) is 0 Å². The smallest absolute Gasteiger partial charge is 0.244 e. The minimum Gasteiger partial charge on any atom is -0.493 e. The van der Waals surface area contributed by atoms with E-state index < -0.39 is 0 Å². The summed E-state index contributed by atoms with van der Waals surface area (Å²) in [7, 11) is 5.22. The van der Waals surface area contributed by atoms with E-state index in [1.54, 1.807) is 14.2 Å². The first-order valence-electron chi connectivity index (χ1n) is 8.85. The van der Waals surface area contributed by atoms with Gasteiger partial charge in [-0.05, 0) is 49.7 Å². The predicted octanol–water partition coefficient (Wildman–Crippen LogP) is 3.11. The molecule has 5 nitrogen and oxygen atoms in total. The number of ether oxygens (including phenoxy) is 2. The maximum absolute atomic E-state index is 13.0. The van der Waals surface area contributed by atoms with Crippen molar-refractivity contribution in [1.82, 2.24) is 4.90 Å². The number of methoxy groups -OCH3 is 2. The number of amides is 1. The molecule has 1 atom stereocenters.